The van der Waals surface area contributed by atoms with E-state index >= 15 is 0 Å². The Kier molecular flexibility index (Phi) is 5.36. The first-order valence-corrected chi connectivity index (χ1v) is 8.07. The maximum Gasteiger partial charge on any atom is 0.387 e. The fourth-order valence-corrected chi connectivity index (χ4v) is 2.69. The molecule has 2 aromatic heterocycles. The molecule has 0 radical (unpaired) electrons. The van der Waals surface area contributed by atoms with Gasteiger partial charge in [0.1, 0.15) is 6.33 Å². The van der Waals surface area contributed by atoms with Crippen molar-refractivity contribution in [3.63, 3.8) is 0 Å². The van der Waals surface area contributed by atoms with Crippen LogP contribution in [0.5, 0.6) is 11.5 Å². The first-order chi connectivity index (χ1) is 12.9. The molecule has 0 atom stereocenters. The molecule has 0 aliphatic heterocycles. The monoisotopic (exact) mass is 396 g/mol. The van der Waals surface area contributed by atoms with Crippen LogP contribution in [0.15, 0.2) is 29.6 Å². The molecule has 0 unspecified atom stereocenters. The lowest BCUT2D eigenvalue weighted by atomic mass is 10.2. The van der Waals surface area contributed by atoms with Crippen molar-refractivity contribution in [1.29, 1.82) is 0 Å². The van der Waals surface area contributed by atoms with Gasteiger partial charge in [0.2, 0.25) is 0 Å². The van der Waals surface area contributed by atoms with E-state index in [2.05, 4.69) is 25.1 Å². The van der Waals surface area contributed by atoms with Crippen molar-refractivity contribution in [2.45, 2.75) is 20.5 Å². The summed E-state index contributed by atoms with van der Waals surface area (Å²) in [5, 5.41) is 16.4. The van der Waals surface area contributed by atoms with E-state index in [9.17, 15) is 8.78 Å². The summed E-state index contributed by atoms with van der Waals surface area (Å²) in [6, 6.07) is 4.80. The Morgan fingerprint density at radius 3 is 2.67 bits per heavy atom. The quantitative estimate of drug-likeness (QED) is 0.598. The summed E-state index contributed by atoms with van der Waals surface area (Å²) in [5.41, 5.74) is 2.21. The van der Waals surface area contributed by atoms with Crippen LogP contribution in [0.4, 0.5) is 8.78 Å². The lowest BCUT2D eigenvalue weighted by Crippen LogP contribution is -2.07. The molecule has 0 saturated heterocycles. The van der Waals surface area contributed by atoms with Gasteiger partial charge in [-0.3, -0.25) is 0 Å². The van der Waals surface area contributed by atoms with E-state index in [1.807, 2.05) is 19.9 Å². The van der Waals surface area contributed by atoms with E-state index in [4.69, 9.17) is 16.3 Å². The van der Waals surface area contributed by atoms with Crippen LogP contribution in [0.1, 0.15) is 17.0 Å². The summed E-state index contributed by atoms with van der Waals surface area (Å²) >= 11 is 6.02. The summed E-state index contributed by atoms with van der Waals surface area (Å²) in [6.45, 7) is 0.733. The molecule has 27 heavy (non-hydrogen) atoms. The third-order valence-corrected chi connectivity index (χ3v) is 3.78. The fraction of sp³-hybridized carbons (Fsp3) is 0.250. The lowest BCUT2D eigenvalue weighted by Gasteiger charge is -2.12. The number of methoxy groups -OCH3 is 1. The van der Waals surface area contributed by atoms with Crippen LogP contribution in [0, 0.1) is 13.8 Å². The topological polar surface area (TPSA) is 79.4 Å². The van der Waals surface area contributed by atoms with Gasteiger partial charge in [0.15, 0.2) is 11.5 Å². The zero-order valence-corrected chi connectivity index (χ0v) is 15.4. The second-order valence-corrected chi connectivity index (χ2v) is 5.88. The fourth-order valence-electron chi connectivity index (χ4n) is 2.42. The molecule has 3 rings (SSSR count). The summed E-state index contributed by atoms with van der Waals surface area (Å²) in [6.07, 6.45) is 2.87. The van der Waals surface area contributed by atoms with Gasteiger partial charge in [-0.05, 0) is 37.6 Å². The van der Waals surface area contributed by atoms with Gasteiger partial charge in [0.25, 0.3) is 5.95 Å². The van der Waals surface area contributed by atoms with Crippen LogP contribution >= 0.6 is 11.6 Å². The Balaban J connectivity index is 1.93. The third kappa shape index (κ3) is 4.05. The highest BCUT2D eigenvalue weighted by Crippen LogP contribution is 2.37. The van der Waals surface area contributed by atoms with Crippen molar-refractivity contribution in [2.24, 2.45) is 5.10 Å². The minimum atomic E-state index is -3.02. The van der Waals surface area contributed by atoms with Crippen LogP contribution < -0.4 is 9.47 Å². The summed E-state index contributed by atoms with van der Waals surface area (Å²) in [5.74, 6) is 0.221. The van der Waals surface area contributed by atoms with Gasteiger partial charge < -0.3 is 9.47 Å². The predicted molar refractivity (Wildman–Crippen MR) is 94.2 cm³/mol. The molecule has 0 N–H and O–H groups in total. The molecule has 0 aliphatic rings. The molecule has 142 valence electrons. The van der Waals surface area contributed by atoms with Crippen LogP contribution in [0.2, 0.25) is 5.02 Å². The Bertz CT molecular complexity index is 985. The number of rotatable bonds is 6. The smallest absolute Gasteiger partial charge is 0.387 e. The van der Waals surface area contributed by atoms with Crippen LogP contribution in [-0.4, -0.2) is 44.6 Å². The lowest BCUT2D eigenvalue weighted by molar-refractivity contribution is -0.0511. The van der Waals surface area contributed by atoms with E-state index in [0.29, 0.717) is 11.5 Å². The van der Waals surface area contributed by atoms with E-state index in [1.165, 1.54) is 36.5 Å². The second-order valence-electron chi connectivity index (χ2n) is 5.47. The molecular formula is C16H15ClF2N6O2. The number of benzene rings is 1. The van der Waals surface area contributed by atoms with Crippen molar-refractivity contribution in [3.8, 4) is 17.4 Å². The zero-order valence-electron chi connectivity index (χ0n) is 14.6. The molecule has 0 spiro atoms. The second kappa shape index (κ2) is 7.70. The van der Waals surface area contributed by atoms with Crippen LogP contribution in [0.25, 0.3) is 5.95 Å². The Hall–Kier alpha value is -3.01. The molecule has 2 heterocycles. The van der Waals surface area contributed by atoms with Gasteiger partial charge in [-0.25, -0.2) is 4.68 Å². The minimum absolute atomic E-state index is 0.0291. The molecule has 0 bridgehead atoms. The van der Waals surface area contributed by atoms with E-state index in [0.717, 1.165) is 11.4 Å². The van der Waals surface area contributed by atoms with Crippen LogP contribution in [-0.2, 0) is 0 Å². The molecule has 1 aromatic carbocycles. The molecule has 0 fully saturated rings. The minimum Gasteiger partial charge on any atom is -0.493 e. The van der Waals surface area contributed by atoms with E-state index < -0.39 is 6.61 Å². The molecule has 11 heteroatoms. The molecule has 8 nitrogen and oxygen atoms in total. The standard InChI is InChI=1S/C16H15ClF2N6O2/c1-9-4-10(2)25(23-9)16-22-20-8-24(16)21-7-11-5-12(17)14(27-15(18)19)13(6-11)26-3/h4-8,15H,1-3H3/b21-7-. The van der Waals surface area contributed by atoms with E-state index in [-0.39, 0.29) is 16.5 Å². The largest absolute Gasteiger partial charge is 0.493 e. The molecular weight excluding hydrogens is 382 g/mol. The molecule has 0 saturated carbocycles. The summed E-state index contributed by atoms with van der Waals surface area (Å²) in [7, 11) is 1.33. The highest BCUT2D eigenvalue weighted by molar-refractivity contribution is 6.32. The van der Waals surface area contributed by atoms with Crippen molar-refractivity contribution < 1.29 is 18.3 Å². The number of aryl methyl sites for hydroxylation is 2. The highest BCUT2D eigenvalue weighted by Gasteiger charge is 2.16. The Morgan fingerprint density at radius 2 is 2.04 bits per heavy atom. The van der Waals surface area contributed by atoms with Gasteiger partial charge in [-0.15, -0.1) is 10.2 Å². The van der Waals surface area contributed by atoms with Gasteiger partial charge in [0, 0.05) is 5.69 Å². The number of alkyl halides is 2. The van der Waals surface area contributed by atoms with Crippen LogP contribution in [0.3, 0.4) is 0 Å². The average molecular weight is 397 g/mol. The number of aromatic nitrogens is 5. The number of hydrogen-bond donors (Lipinski definition) is 0. The molecule has 0 amide bonds. The zero-order chi connectivity index (χ0) is 19.6. The third-order valence-electron chi connectivity index (χ3n) is 3.50. The molecule has 0 aliphatic carbocycles. The maximum atomic E-state index is 12.5. The summed E-state index contributed by atoms with van der Waals surface area (Å²) in [4.78, 5) is 0. The van der Waals surface area contributed by atoms with Gasteiger partial charge in [-0.2, -0.15) is 23.7 Å². The van der Waals surface area contributed by atoms with Crippen molar-refractivity contribution >= 4 is 17.8 Å². The SMILES string of the molecule is COc1cc(/C=N\n2cnnc2-n2nc(C)cc2C)cc(Cl)c1OC(F)F. The van der Waals surface area contributed by atoms with Crippen molar-refractivity contribution in [1.82, 2.24) is 24.7 Å². The number of ether oxygens (including phenoxy) is 2. The Labute approximate surface area is 158 Å². The highest BCUT2D eigenvalue weighted by atomic mass is 35.5. The van der Waals surface area contributed by atoms with Gasteiger partial charge >= 0.3 is 6.61 Å². The first kappa shape index (κ1) is 18.8. The average Bonchev–Trinajstić information content (AvgIpc) is 3.20. The first-order valence-electron chi connectivity index (χ1n) is 7.69. The Morgan fingerprint density at radius 1 is 1.26 bits per heavy atom. The predicted octanol–water partition coefficient (Wildman–Crippen LogP) is 3.23. The van der Waals surface area contributed by atoms with Crippen molar-refractivity contribution in [3.05, 3.63) is 46.5 Å². The number of halogens is 3. The van der Waals surface area contributed by atoms with Gasteiger partial charge in [-0.1, -0.05) is 11.6 Å². The normalized spacial score (nSPS) is 11.5. The van der Waals surface area contributed by atoms with E-state index in [1.54, 1.807) is 4.68 Å². The molecule has 3 aromatic rings. The van der Waals surface area contributed by atoms with Gasteiger partial charge in [0.05, 0.1) is 24.0 Å². The van der Waals surface area contributed by atoms with Crippen molar-refractivity contribution in [2.75, 3.05) is 7.11 Å². The number of hydrogen-bond acceptors (Lipinski definition) is 6. The number of nitrogens with zero attached hydrogens (tertiary/aromatic N) is 6. The maximum absolute atomic E-state index is 12.5. The summed E-state index contributed by atoms with van der Waals surface area (Å²) < 4.78 is 37.5.